The van der Waals surface area contributed by atoms with E-state index in [1.54, 1.807) is 35.9 Å². The van der Waals surface area contributed by atoms with Crippen molar-refractivity contribution >= 4 is 79.8 Å². The molecule has 2 unspecified atom stereocenters. The maximum Gasteiger partial charge on any atom is 0.377 e. The molecular weight excluding hydrogens is 579 g/mol. The number of benzene rings is 2. The van der Waals surface area contributed by atoms with E-state index in [0.29, 0.717) is 24.3 Å². The smallest absolute Gasteiger partial charge is 0.377 e. The number of carbonyl (C=O) groups excluding carboxylic acids is 2. The van der Waals surface area contributed by atoms with Crippen molar-refractivity contribution < 1.29 is 39.7 Å². The fourth-order valence-electron chi connectivity index (χ4n) is 4.45. The average Bonchev–Trinajstić information content (AvgIpc) is 3.50. The lowest BCUT2D eigenvalue weighted by Crippen LogP contribution is -2.89. The Hall–Kier alpha value is -2.75. The van der Waals surface area contributed by atoms with E-state index in [2.05, 4.69) is 35.9 Å². The molecule has 2 aliphatic heterocycles. The number of nitrogens with zero attached hydrogens (tertiary/aromatic N) is 1. The maximum absolute atomic E-state index is 12.3. The number of quaternary nitrogens is 1. The van der Waals surface area contributed by atoms with Gasteiger partial charge < -0.3 is 36.0 Å². The van der Waals surface area contributed by atoms with Gasteiger partial charge in [-0.3, -0.25) is 9.59 Å². The van der Waals surface area contributed by atoms with Crippen LogP contribution in [0.5, 0.6) is 0 Å². The van der Waals surface area contributed by atoms with Crippen molar-refractivity contribution in [2.75, 3.05) is 23.7 Å². The molecule has 2 fully saturated rings. The van der Waals surface area contributed by atoms with Gasteiger partial charge in [-0.25, -0.2) is 9.59 Å². The first kappa shape index (κ1) is 33.5. The summed E-state index contributed by atoms with van der Waals surface area (Å²) in [4.78, 5) is 47.6. The molecule has 0 spiro atoms. The number of thiol groups is 2. The van der Waals surface area contributed by atoms with Crippen LogP contribution in [0.1, 0.15) is 33.6 Å². The second-order valence-electron chi connectivity index (χ2n) is 9.45. The van der Waals surface area contributed by atoms with E-state index in [1.165, 1.54) is 24.3 Å². The zero-order valence-electron chi connectivity index (χ0n) is 21.6. The van der Waals surface area contributed by atoms with Crippen LogP contribution in [0, 0.1) is 0 Å². The third-order valence-corrected chi connectivity index (χ3v) is 7.21. The molecule has 4 atom stereocenters. The number of anilines is 2. The predicted octanol–water partition coefficient (Wildman–Crippen LogP) is 1.19. The highest BCUT2D eigenvalue weighted by molar-refractivity contribution is 7.81. The van der Waals surface area contributed by atoms with Crippen molar-refractivity contribution in [3.8, 4) is 0 Å². The lowest BCUT2D eigenvalue weighted by molar-refractivity contribution is -0.656. The molecule has 2 aliphatic rings. The van der Waals surface area contributed by atoms with Crippen LogP contribution in [0.4, 0.5) is 11.4 Å². The molecule has 2 heterocycles. The van der Waals surface area contributed by atoms with Gasteiger partial charge in [0.1, 0.15) is 0 Å². The number of carboxylic acid groups (broad SMARTS) is 2. The van der Waals surface area contributed by atoms with Crippen LogP contribution in [0.3, 0.4) is 0 Å². The summed E-state index contributed by atoms with van der Waals surface area (Å²) in [6.07, 6.45) is 1.27. The van der Waals surface area contributed by atoms with E-state index >= 15 is 0 Å². The Kier molecular flexibility index (Phi) is 12.8. The Morgan fingerprint density at radius 3 is 1.88 bits per heavy atom. The topological polar surface area (TPSA) is 173 Å². The van der Waals surface area contributed by atoms with Gasteiger partial charge in [0.25, 0.3) is 5.91 Å². The molecule has 0 saturated carbocycles. The average molecular weight is 612 g/mol. The number of amides is 2. The Bertz CT molecular complexity index is 1230. The number of nitrogens with two attached hydrogens (primary N) is 1. The van der Waals surface area contributed by atoms with Gasteiger partial charge in [0.05, 0.1) is 29.0 Å². The zero-order valence-corrected chi connectivity index (χ0v) is 24.2. The van der Waals surface area contributed by atoms with Crippen LogP contribution in [0.2, 0.25) is 6.82 Å². The molecule has 2 aromatic rings. The summed E-state index contributed by atoms with van der Waals surface area (Å²) in [5.41, 5.74) is 1.21. The Morgan fingerprint density at radius 2 is 1.43 bits per heavy atom. The molecule has 7 N–H and O–H groups in total. The summed E-state index contributed by atoms with van der Waals surface area (Å²) in [5, 5.41) is 35.2. The minimum absolute atomic E-state index is 0. The van der Waals surface area contributed by atoms with Crippen molar-refractivity contribution in [1.82, 2.24) is 4.81 Å². The number of carboxylic acids is 2. The van der Waals surface area contributed by atoms with Crippen molar-refractivity contribution in [3.05, 3.63) is 59.7 Å². The molecule has 2 saturated heterocycles. The van der Waals surface area contributed by atoms with Crippen molar-refractivity contribution in [1.29, 1.82) is 0 Å². The molecule has 2 amide bonds. The lowest BCUT2D eigenvalue weighted by atomic mass is 9.84. The Morgan fingerprint density at radius 1 is 0.900 bits per heavy atom. The minimum Gasteiger partial charge on any atom is -0.478 e. The first-order chi connectivity index (χ1) is 18.4. The van der Waals surface area contributed by atoms with Crippen LogP contribution in [0.15, 0.2) is 48.5 Å². The monoisotopic (exact) mass is 611 g/mol. The van der Waals surface area contributed by atoms with Crippen LogP contribution in [0.25, 0.3) is 0 Å². The molecule has 0 aliphatic carbocycles. The maximum atomic E-state index is 12.3. The van der Waals surface area contributed by atoms with Gasteiger partial charge in [0.15, 0.2) is 6.04 Å². The van der Waals surface area contributed by atoms with Gasteiger partial charge in [0, 0.05) is 29.6 Å². The second kappa shape index (κ2) is 15.3. The van der Waals surface area contributed by atoms with Gasteiger partial charge >= 0.3 is 19.0 Å². The highest BCUT2D eigenvalue weighted by atomic mass is 35.5. The van der Waals surface area contributed by atoms with E-state index in [9.17, 15) is 24.2 Å². The van der Waals surface area contributed by atoms with E-state index in [4.69, 9.17) is 10.2 Å². The summed E-state index contributed by atoms with van der Waals surface area (Å²) in [6, 6.07) is 11.7. The zero-order chi connectivity index (χ0) is 28.7. The van der Waals surface area contributed by atoms with Crippen LogP contribution in [-0.4, -0.2) is 86.5 Å². The molecular formula is C25H33BClN4O7S2+. The minimum atomic E-state index is -1.05. The van der Waals surface area contributed by atoms with E-state index in [-0.39, 0.29) is 51.9 Å². The van der Waals surface area contributed by atoms with Crippen molar-refractivity contribution in [2.45, 2.75) is 42.2 Å². The summed E-state index contributed by atoms with van der Waals surface area (Å²) in [7, 11) is -0.733. The SMILES string of the molecule is CB(O)N1CC(S)C[C@H]1C(=O)Nc1cccc(C(=O)O)c1.Cl.O=C(O)c1cccc(NC(=O)[C@@H]2CC(S)C[NH2+]2)c1. The largest absolute Gasteiger partial charge is 0.478 e. The molecule has 0 radical (unpaired) electrons. The van der Waals surface area contributed by atoms with Gasteiger partial charge in [-0.2, -0.15) is 25.3 Å². The van der Waals surface area contributed by atoms with Crippen LogP contribution < -0.4 is 16.0 Å². The molecule has 40 heavy (non-hydrogen) atoms. The molecule has 11 nitrogen and oxygen atoms in total. The molecule has 0 aromatic heterocycles. The van der Waals surface area contributed by atoms with Crippen LogP contribution >= 0.6 is 37.7 Å². The first-order valence-electron chi connectivity index (χ1n) is 12.4. The number of carbonyl (C=O) groups is 4. The molecule has 2 aromatic carbocycles. The normalized spacial score (nSPS) is 21.8. The number of hydrogen-bond acceptors (Lipinski definition) is 8. The number of nitrogens with one attached hydrogen (secondary N) is 2. The highest BCUT2D eigenvalue weighted by Crippen LogP contribution is 2.24. The molecule has 0 bridgehead atoms. The van der Waals surface area contributed by atoms with Gasteiger partial charge in [-0.1, -0.05) is 12.1 Å². The van der Waals surface area contributed by atoms with Crippen LogP contribution in [-0.2, 0) is 9.59 Å². The van der Waals surface area contributed by atoms with Crippen molar-refractivity contribution in [3.63, 3.8) is 0 Å². The quantitative estimate of drug-likeness (QED) is 0.170. The van der Waals surface area contributed by atoms with Gasteiger partial charge in [-0.05, 0) is 49.6 Å². The molecule has 15 heteroatoms. The molecule has 4 rings (SSSR count). The summed E-state index contributed by atoms with van der Waals surface area (Å²) < 4.78 is 0. The predicted molar refractivity (Wildman–Crippen MR) is 161 cm³/mol. The van der Waals surface area contributed by atoms with Crippen molar-refractivity contribution in [2.24, 2.45) is 0 Å². The van der Waals surface area contributed by atoms with Gasteiger partial charge in [0.2, 0.25) is 5.91 Å². The van der Waals surface area contributed by atoms with E-state index in [0.717, 1.165) is 13.0 Å². The second-order valence-corrected chi connectivity index (χ2v) is 10.9. The highest BCUT2D eigenvalue weighted by Gasteiger charge is 2.39. The number of halogens is 1. The number of rotatable bonds is 7. The fraction of sp³-hybridized carbons (Fsp3) is 0.360. The first-order valence-corrected chi connectivity index (χ1v) is 13.4. The third kappa shape index (κ3) is 9.42. The van der Waals surface area contributed by atoms with Gasteiger partial charge in [-0.15, -0.1) is 12.4 Å². The standard InChI is InChI=1S/C13H17BN2O4S.C12H14N2O3S.ClH/c1-14(20)16-7-10(21)6-11(16)12(17)15-9-4-2-3-8(5-9)13(18)19;15-11(10-5-9(18)6-13-10)14-8-3-1-2-7(4-8)12(16)17;/h2-5,10-11,20-21H,6-7H2,1H3,(H,15,17)(H,18,19);1-4,9-10,13,18H,5-6H2,(H,14,15)(H,16,17);1H/p+1/t10?,11-;9?,10-;/m00./s1. The summed E-state index contributed by atoms with van der Waals surface area (Å²) in [6.45, 7) is 2.97. The van der Waals surface area contributed by atoms with E-state index < -0.39 is 25.0 Å². The molecule has 216 valence electrons. The third-order valence-electron chi connectivity index (χ3n) is 6.41. The Balaban J connectivity index is 0.000000276. The van der Waals surface area contributed by atoms with E-state index in [1.807, 2.05) is 5.32 Å². The number of aromatic carboxylic acids is 2. The summed E-state index contributed by atoms with van der Waals surface area (Å²) >= 11 is 8.69. The number of hydrogen-bond donors (Lipinski definition) is 8. The summed E-state index contributed by atoms with van der Waals surface area (Å²) in [5.74, 6) is -2.42. The Labute approximate surface area is 249 Å². The lowest BCUT2D eigenvalue weighted by Gasteiger charge is -2.24. The fourth-order valence-corrected chi connectivity index (χ4v) is 5.19.